The molecule has 4 aromatic rings. The van der Waals surface area contributed by atoms with Gasteiger partial charge >= 0.3 is 0 Å². The molecule has 11 heteroatoms. The van der Waals surface area contributed by atoms with Gasteiger partial charge in [-0.1, -0.05) is 11.6 Å². The highest BCUT2D eigenvalue weighted by Crippen LogP contribution is 2.31. The fraction of sp³-hybridized carbons (Fsp3) is 0.273. The van der Waals surface area contributed by atoms with Crippen LogP contribution < -0.4 is 10.6 Å². The number of aromatic nitrogens is 5. The first kappa shape index (κ1) is 21.3. The highest BCUT2D eigenvalue weighted by molar-refractivity contribution is 6.31. The molecular formula is C22H20ClF2N7O. The lowest BCUT2D eigenvalue weighted by Crippen LogP contribution is -2.42. The van der Waals surface area contributed by atoms with E-state index in [0.29, 0.717) is 23.1 Å². The summed E-state index contributed by atoms with van der Waals surface area (Å²) in [6, 6.07) is 4.29. The number of benzene rings is 1. The van der Waals surface area contributed by atoms with Gasteiger partial charge in [0.15, 0.2) is 17.5 Å². The third kappa shape index (κ3) is 4.38. The molecule has 2 atom stereocenters. The summed E-state index contributed by atoms with van der Waals surface area (Å²) >= 11 is 6.01. The van der Waals surface area contributed by atoms with E-state index in [2.05, 4.69) is 35.8 Å². The summed E-state index contributed by atoms with van der Waals surface area (Å²) in [5, 5.41) is 13.3. The first-order chi connectivity index (χ1) is 16.0. The van der Waals surface area contributed by atoms with Crippen molar-refractivity contribution in [2.75, 3.05) is 5.32 Å². The smallest absolute Gasteiger partial charge is 0.269 e. The zero-order chi connectivity index (χ0) is 22.9. The fourth-order valence-electron chi connectivity index (χ4n) is 4.23. The van der Waals surface area contributed by atoms with Gasteiger partial charge in [0.2, 0.25) is 0 Å². The molecule has 170 valence electrons. The number of carbonyl (C=O) groups excluding carboxylic acids is 1. The van der Waals surface area contributed by atoms with Crippen LogP contribution in [0, 0.1) is 11.6 Å². The largest absolute Gasteiger partial charge is 0.365 e. The van der Waals surface area contributed by atoms with Gasteiger partial charge in [-0.05, 0) is 43.9 Å². The van der Waals surface area contributed by atoms with Gasteiger partial charge in [-0.25, -0.2) is 18.7 Å². The Labute approximate surface area is 192 Å². The second-order valence-corrected chi connectivity index (χ2v) is 8.49. The minimum atomic E-state index is -0.591. The van der Waals surface area contributed by atoms with Crippen molar-refractivity contribution in [3.63, 3.8) is 0 Å². The maximum Gasteiger partial charge on any atom is 0.269 e. The first-order valence-corrected chi connectivity index (χ1v) is 10.9. The molecule has 3 aromatic heterocycles. The van der Waals surface area contributed by atoms with Crippen LogP contribution in [0.3, 0.4) is 0 Å². The lowest BCUT2D eigenvalue weighted by atomic mass is 9.91. The van der Waals surface area contributed by atoms with Gasteiger partial charge in [0.25, 0.3) is 5.91 Å². The topological polar surface area (TPSA) is 111 Å². The molecule has 0 aliphatic heterocycles. The predicted molar refractivity (Wildman–Crippen MR) is 120 cm³/mol. The third-order valence-electron chi connectivity index (χ3n) is 5.79. The third-order valence-corrected chi connectivity index (χ3v) is 6.00. The molecule has 1 fully saturated rings. The molecule has 0 bridgehead atoms. The number of aromatic amines is 2. The predicted octanol–water partition coefficient (Wildman–Crippen LogP) is 4.43. The van der Waals surface area contributed by atoms with Crippen molar-refractivity contribution in [1.82, 2.24) is 30.5 Å². The van der Waals surface area contributed by atoms with E-state index in [1.54, 1.807) is 18.3 Å². The first-order valence-electron chi connectivity index (χ1n) is 10.5. The molecule has 33 heavy (non-hydrogen) atoms. The Kier molecular flexibility index (Phi) is 5.67. The molecule has 4 N–H and O–H groups in total. The van der Waals surface area contributed by atoms with Crippen LogP contribution in [0.4, 0.5) is 14.6 Å². The maximum atomic E-state index is 14.5. The molecule has 3 heterocycles. The normalized spacial score (nSPS) is 18.4. The van der Waals surface area contributed by atoms with Gasteiger partial charge in [-0.2, -0.15) is 5.10 Å². The number of hydrogen-bond acceptors (Lipinski definition) is 5. The summed E-state index contributed by atoms with van der Waals surface area (Å²) in [7, 11) is 0. The molecule has 0 radical (unpaired) electrons. The number of amides is 1. The Balaban J connectivity index is 1.34. The standard InChI is InChI=1S/C22H20ClF2N7O/c23-11-6-14-15(9-26-19(14)16(24)7-11)20-27-10-17(25)21(31-20)29-12-2-1-3-13(8-12)30-22(33)18-4-5-28-32-18/h4-7,9-10,12-13,26H,1-3,8H2,(H,28,32)(H,30,33)(H,27,29,31)/t12-,13+/m0/s1. The second-order valence-electron chi connectivity index (χ2n) is 8.05. The van der Waals surface area contributed by atoms with E-state index in [-0.39, 0.29) is 40.2 Å². The SMILES string of the molecule is O=C(N[C@@H]1CCC[C@H](Nc2nc(-c3c[nH]c4c(F)cc(Cl)cc34)ncc2F)C1)c1ccn[nH]1. The van der Waals surface area contributed by atoms with E-state index in [4.69, 9.17) is 11.6 Å². The Bertz CT molecular complexity index is 1310. The van der Waals surface area contributed by atoms with E-state index in [0.717, 1.165) is 25.5 Å². The van der Waals surface area contributed by atoms with Crippen LogP contribution in [-0.4, -0.2) is 43.1 Å². The molecule has 1 aliphatic carbocycles. The summed E-state index contributed by atoms with van der Waals surface area (Å²) in [6.45, 7) is 0. The van der Waals surface area contributed by atoms with Gasteiger partial charge < -0.3 is 15.6 Å². The number of nitrogens with one attached hydrogen (secondary N) is 4. The monoisotopic (exact) mass is 471 g/mol. The summed E-state index contributed by atoms with van der Waals surface area (Å²) in [5.74, 6) is -1.01. The maximum absolute atomic E-state index is 14.5. The van der Waals surface area contributed by atoms with Crippen LogP contribution in [0.1, 0.15) is 36.2 Å². The minimum Gasteiger partial charge on any atom is -0.365 e. The molecule has 0 unspecified atom stereocenters. The average Bonchev–Trinajstić information content (AvgIpc) is 3.46. The van der Waals surface area contributed by atoms with Crippen molar-refractivity contribution in [3.05, 3.63) is 59.1 Å². The fourth-order valence-corrected chi connectivity index (χ4v) is 4.43. The molecule has 1 amide bonds. The van der Waals surface area contributed by atoms with Crippen LogP contribution in [0.25, 0.3) is 22.3 Å². The van der Waals surface area contributed by atoms with Crippen molar-refractivity contribution < 1.29 is 13.6 Å². The number of nitrogens with zero attached hydrogens (tertiary/aromatic N) is 3. The molecular weight excluding hydrogens is 452 g/mol. The lowest BCUT2D eigenvalue weighted by Gasteiger charge is -2.30. The minimum absolute atomic E-state index is 0.0578. The van der Waals surface area contributed by atoms with E-state index in [1.807, 2.05) is 0 Å². The summed E-state index contributed by atoms with van der Waals surface area (Å²) in [6.07, 6.45) is 7.30. The number of rotatable bonds is 5. The van der Waals surface area contributed by atoms with Crippen molar-refractivity contribution in [2.24, 2.45) is 0 Å². The number of carbonyl (C=O) groups is 1. The number of anilines is 1. The van der Waals surface area contributed by atoms with E-state index in [1.165, 1.54) is 12.3 Å². The van der Waals surface area contributed by atoms with Gasteiger partial charge in [0.1, 0.15) is 11.5 Å². The van der Waals surface area contributed by atoms with Crippen LogP contribution in [0.15, 0.2) is 36.8 Å². The highest BCUT2D eigenvalue weighted by atomic mass is 35.5. The van der Waals surface area contributed by atoms with Crippen molar-refractivity contribution in [3.8, 4) is 11.4 Å². The van der Waals surface area contributed by atoms with E-state index >= 15 is 0 Å². The highest BCUT2D eigenvalue weighted by Gasteiger charge is 2.25. The number of halogens is 3. The summed E-state index contributed by atoms with van der Waals surface area (Å²) in [4.78, 5) is 23.6. The second kappa shape index (κ2) is 8.78. The zero-order valence-corrected chi connectivity index (χ0v) is 18.1. The van der Waals surface area contributed by atoms with Gasteiger partial charge in [-0.3, -0.25) is 9.89 Å². The van der Waals surface area contributed by atoms with Crippen molar-refractivity contribution in [2.45, 2.75) is 37.8 Å². The summed E-state index contributed by atoms with van der Waals surface area (Å²) in [5.41, 5.74) is 1.19. The van der Waals surface area contributed by atoms with Crippen molar-refractivity contribution in [1.29, 1.82) is 0 Å². The van der Waals surface area contributed by atoms with Gasteiger partial charge in [0, 0.05) is 40.4 Å². The van der Waals surface area contributed by atoms with Crippen LogP contribution in [-0.2, 0) is 0 Å². The molecule has 1 aliphatic rings. The van der Waals surface area contributed by atoms with Crippen LogP contribution in [0.2, 0.25) is 5.02 Å². The zero-order valence-electron chi connectivity index (χ0n) is 17.3. The number of H-pyrrole nitrogens is 2. The quantitative estimate of drug-likeness (QED) is 0.344. The Morgan fingerprint density at radius 1 is 1.18 bits per heavy atom. The van der Waals surface area contributed by atoms with E-state index < -0.39 is 11.6 Å². The molecule has 1 saturated carbocycles. The van der Waals surface area contributed by atoms with E-state index in [9.17, 15) is 13.6 Å². The number of fused-ring (bicyclic) bond motifs is 1. The number of hydrogen-bond donors (Lipinski definition) is 4. The van der Waals surface area contributed by atoms with Gasteiger partial charge in [-0.15, -0.1) is 0 Å². The molecule has 5 rings (SSSR count). The molecule has 1 aromatic carbocycles. The molecule has 8 nitrogen and oxygen atoms in total. The summed E-state index contributed by atoms with van der Waals surface area (Å²) < 4.78 is 28.7. The Morgan fingerprint density at radius 2 is 2.03 bits per heavy atom. The van der Waals surface area contributed by atoms with Gasteiger partial charge in [0.05, 0.1) is 11.7 Å². The molecule has 0 spiro atoms. The van der Waals surface area contributed by atoms with Crippen molar-refractivity contribution >= 4 is 34.2 Å². The molecule has 0 saturated heterocycles. The van der Waals surface area contributed by atoms with Crippen LogP contribution in [0.5, 0.6) is 0 Å². The average molecular weight is 472 g/mol. The Morgan fingerprint density at radius 3 is 2.85 bits per heavy atom. The van der Waals surface area contributed by atoms with Crippen LogP contribution >= 0.6 is 11.6 Å². The lowest BCUT2D eigenvalue weighted by molar-refractivity contribution is 0.0921. The Hall–Kier alpha value is -3.53.